The molecular formula is C16H25IN6O2. The molecular weight excluding hydrogens is 435 g/mol. The third kappa shape index (κ3) is 8.66. The smallest absolute Gasteiger partial charge is 0.246 e. The van der Waals surface area contributed by atoms with Crippen molar-refractivity contribution < 1.29 is 9.59 Å². The fraction of sp³-hybridized carbons (Fsp3) is 0.500. The number of hydrogen-bond donors (Lipinski definition) is 4. The minimum atomic E-state index is -0.220. The highest BCUT2D eigenvalue weighted by Crippen LogP contribution is 2.28. The van der Waals surface area contributed by atoms with Gasteiger partial charge in [0.25, 0.3) is 0 Å². The quantitative estimate of drug-likeness (QED) is 0.198. The van der Waals surface area contributed by atoms with Gasteiger partial charge in [0.15, 0.2) is 5.96 Å². The molecule has 0 bridgehead atoms. The predicted octanol–water partition coefficient (Wildman–Crippen LogP) is 0.719. The number of aromatic nitrogens is 1. The minimum Gasteiger partial charge on any atom is -0.357 e. The van der Waals surface area contributed by atoms with Gasteiger partial charge in [-0.1, -0.05) is 0 Å². The lowest BCUT2D eigenvalue weighted by Crippen LogP contribution is -2.42. The molecule has 2 rings (SSSR count). The van der Waals surface area contributed by atoms with Gasteiger partial charge in [-0.3, -0.25) is 14.6 Å². The van der Waals surface area contributed by atoms with E-state index in [0.717, 1.165) is 12.8 Å². The molecule has 1 aliphatic rings. The Labute approximate surface area is 164 Å². The summed E-state index contributed by atoms with van der Waals surface area (Å²) in [6.07, 6.45) is 5.21. The first kappa shape index (κ1) is 21.1. The Balaban J connectivity index is 0.00000312. The Bertz CT molecular complexity index is 577. The van der Waals surface area contributed by atoms with Crippen LogP contribution in [0.2, 0.25) is 0 Å². The molecule has 0 aliphatic heterocycles. The Morgan fingerprint density at radius 1 is 1.24 bits per heavy atom. The summed E-state index contributed by atoms with van der Waals surface area (Å²) >= 11 is 0. The number of anilines is 1. The van der Waals surface area contributed by atoms with Crippen LogP contribution >= 0.6 is 24.0 Å². The van der Waals surface area contributed by atoms with Crippen molar-refractivity contribution in [3.63, 3.8) is 0 Å². The van der Waals surface area contributed by atoms with Crippen LogP contribution in [0.5, 0.6) is 0 Å². The van der Waals surface area contributed by atoms with Crippen LogP contribution in [0.15, 0.2) is 29.5 Å². The highest BCUT2D eigenvalue weighted by atomic mass is 127. The number of carbonyl (C=O) groups is 2. The summed E-state index contributed by atoms with van der Waals surface area (Å²) in [5, 5.41) is 11.7. The number of nitrogens with zero attached hydrogens (tertiary/aromatic N) is 2. The van der Waals surface area contributed by atoms with E-state index in [2.05, 4.69) is 31.2 Å². The van der Waals surface area contributed by atoms with E-state index in [-0.39, 0.29) is 48.3 Å². The molecule has 1 aromatic heterocycles. The molecule has 0 atom stereocenters. The SMILES string of the molecule is CCNC(=NCC(=O)Nc1cccnc1)NCCNC(=O)C1CC1.I. The van der Waals surface area contributed by atoms with Crippen LogP contribution in [0.25, 0.3) is 0 Å². The lowest BCUT2D eigenvalue weighted by Gasteiger charge is -2.11. The fourth-order valence-electron chi connectivity index (χ4n) is 1.99. The first-order valence-corrected chi connectivity index (χ1v) is 8.18. The molecule has 2 amide bonds. The molecule has 138 valence electrons. The zero-order valence-corrected chi connectivity index (χ0v) is 16.6. The van der Waals surface area contributed by atoms with E-state index in [0.29, 0.717) is 31.3 Å². The van der Waals surface area contributed by atoms with Crippen molar-refractivity contribution in [3.05, 3.63) is 24.5 Å². The van der Waals surface area contributed by atoms with Gasteiger partial charge in [-0.2, -0.15) is 0 Å². The minimum absolute atomic E-state index is 0. The second-order valence-corrected chi connectivity index (χ2v) is 5.48. The molecule has 1 aliphatic carbocycles. The van der Waals surface area contributed by atoms with Gasteiger partial charge >= 0.3 is 0 Å². The summed E-state index contributed by atoms with van der Waals surface area (Å²) < 4.78 is 0. The van der Waals surface area contributed by atoms with E-state index in [9.17, 15) is 9.59 Å². The van der Waals surface area contributed by atoms with Gasteiger partial charge in [-0.15, -0.1) is 24.0 Å². The molecule has 1 aromatic rings. The van der Waals surface area contributed by atoms with Crippen molar-refractivity contribution in [1.29, 1.82) is 0 Å². The average Bonchev–Trinajstić information content (AvgIpc) is 3.42. The van der Waals surface area contributed by atoms with Gasteiger partial charge in [-0.25, -0.2) is 4.99 Å². The van der Waals surface area contributed by atoms with Crippen LogP contribution in [-0.2, 0) is 9.59 Å². The summed E-state index contributed by atoms with van der Waals surface area (Å²) in [5.74, 6) is 0.652. The van der Waals surface area contributed by atoms with Gasteiger partial charge in [0.05, 0.1) is 11.9 Å². The summed E-state index contributed by atoms with van der Waals surface area (Å²) in [4.78, 5) is 31.5. The van der Waals surface area contributed by atoms with Gasteiger partial charge in [-0.05, 0) is 31.9 Å². The summed E-state index contributed by atoms with van der Waals surface area (Å²) in [6, 6.07) is 3.51. The van der Waals surface area contributed by atoms with Crippen molar-refractivity contribution in [3.8, 4) is 0 Å². The van der Waals surface area contributed by atoms with Gasteiger partial charge in [0.2, 0.25) is 11.8 Å². The monoisotopic (exact) mass is 460 g/mol. The third-order valence-corrected chi connectivity index (χ3v) is 3.34. The van der Waals surface area contributed by atoms with Crippen molar-refractivity contribution in [1.82, 2.24) is 20.9 Å². The molecule has 25 heavy (non-hydrogen) atoms. The molecule has 0 radical (unpaired) electrons. The van der Waals surface area contributed by atoms with E-state index in [1.807, 2.05) is 6.92 Å². The molecule has 0 aromatic carbocycles. The Morgan fingerprint density at radius 3 is 2.64 bits per heavy atom. The van der Waals surface area contributed by atoms with E-state index < -0.39 is 0 Å². The maximum absolute atomic E-state index is 11.9. The van der Waals surface area contributed by atoms with Gasteiger partial charge < -0.3 is 21.3 Å². The van der Waals surface area contributed by atoms with Gasteiger partial charge in [0, 0.05) is 31.7 Å². The first-order valence-electron chi connectivity index (χ1n) is 8.18. The summed E-state index contributed by atoms with van der Waals surface area (Å²) in [7, 11) is 0. The Kier molecular flexibility index (Phi) is 9.81. The fourth-order valence-corrected chi connectivity index (χ4v) is 1.99. The maximum atomic E-state index is 11.9. The lowest BCUT2D eigenvalue weighted by atomic mass is 10.4. The lowest BCUT2D eigenvalue weighted by molar-refractivity contribution is -0.122. The number of amides is 2. The number of halogens is 1. The molecule has 4 N–H and O–H groups in total. The second kappa shape index (κ2) is 11.6. The predicted molar refractivity (Wildman–Crippen MR) is 108 cm³/mol. The number of nitrogens with one attached hydrogen (secondary N) is 4. The van der Waals surface area contributed by atoms with E-state index in [1.165, 1.54) is 0 Å². The number of pyridine rings is 1. The molecule has 0 spiro atoms. The Morgan fingerprint density at radius 2 is 2.00 bits per heavy atom. The standard InChI is InChI=1S/C16H24N6O2.HI/c1-2-18-16(20-9-8-19-15(24)12-5-6-12)21-11-14(23)22-13-4-3-7-17-10-13;/h3-4,7,10,12H,2,5-6,8-9,11H2,1H3,(H,19,24)(H,22,23)(H2,18,20,21);1H. The van der Waals surface area contributed by atoms with Crippen LogP contribution in [0.1, 0.15) is 19.8 Å². The third-order valence-electron chi connectivity index (χ3n) is 3.34. The highest BCUT2D eigenvalue weighted by Gasteiger charge is 2.28. The molecule has 8 nitrogen and oxygen atoms in total. The number of carbonyl (C=O) groups excluding carboxylic acids is 2. The van der Waals surface area contributed by atoms with E-state index >= 15 is 0 Å². The number of aliphatic imine (C=N–C) groups is 1. The van der Waals surface area contributed by atoms with Crippen molar-refractivity contribution >= 4 is 47.4 Å². The number of hydrogen-bond acceptors (Lipinski definition) is 4. The zero-order valence-electron chi connectivity index (χ0n) is 14.2. The molecule has 0 unspecified atom stereocenters. The van der Waals surface area contributed by atoms with Crippen LogP contribution in [-0.4, -0.2) is 48.9 Å². The van der Waals surface area contributed by atoms with Crippen molar-refractivity contribution in [2.45, 2.75) is 19.8 Å². The van der Waals surface area contributed by atoms with E-state index in [1.54, 1.807) is 24.5 Å². The van der Waals surface area contributed by atoms with Crippen LogP contribution in [0, 0.1) is 5.92 Å². The topological polar surface area (TPSA) is 108 Å². The Hall–Kier alpha value is -1.91. The molecule has 9 heteroatoms. The molecule has 1 fully saturated rings. The first-order chi connectivity index (χ1) is 11.7. The number of guanidine groups is 1. The highest BCUT2D eigenvalue weighted by molar-refractivity contribution is 14.0. The van der Waals surface area contributed by atoms with E-state index in [4.69, 9.17) is 0 Å². The van der Waals surface area contributed by atoms with Crippen LogP contribution in [0.4, 0.5) is 5.69 Å². The summed E-state index contributed by atoms with van der Waals surface area (Å²) in [5.41, 5.74) is 0.637. The molecule has 0 saturated heterocycles. The molecule has 1 saturated carbocycles. The van der Waals surface area contributed by atoms with Crippen LogP contribution < -0.4 is 21.3 Å². The maximum Gasteiger partial charge on any atom is 0.246 e. The van der Waals surface area contributed by atoms with Gasteiger partial charge in [0.1, 0.15) is 6.54 Å². The zero-order chi connectivity index (χ0) is 17.2. The van der Waals surface area contributed by atoms with Crippen LogP contribution in [0.3, 0.4) is 0 Å². The largest absolute Gasteiger partial charge is 0.357 e. The molecule has 1 heterocycles. The van der Waals surface area contributed by atoms with Crippen molar-refractivity contribution in [2.75, 3.05) is 31.5 Å². The second-order valence-electron chi connectivity index (χ2n) is 5.48. The number of rotatable bonds is 8. The average molecular weight is 460 g/mol. The normalized spacial score (nSPS) is 13.4. The summed E-state index contributed by atoms with van der Waals surface area (Å²) in [6.45, 7) is 3.71. The van der Waals surface area contributed by atoms with Crippen molar-refractivity contribution in [2.24, 2.45) is 10.9 Å².